The maximum atomic E-state index is 12.2. The van der Waals surface area contributed by atoms with Crippen LogP contribution >= 0.6 is 27.3 Å². The van der Waals surface area contributed by atoms with Crippen molar-refractivity contribution >= 4 is 39.1 Å². The van der Waals surface area contributed by atoms with Crippen molar-refractivity contribution in [2.24, 2.45) is 0 Å². The van der Waals surface area contributed by atoms with Crippen LogP contribution < -0.4 is 9.47 Å². The molecule has 1 N–H and O–H groups in total. The molecule has 0 spiro atoms. The molecule has 0 saturated heterocycles. The number of hydrogen-bond donors (Lipinski definition) is 1. The van der Waals surface area contributed by atoms with Crippen LogP contribution in [-0.4, -0.2) is 25.1 Å². The predicted molar refractivity (Wildman–Crippen MR) is 116 cm³/mol. The molecule has 0 radical (unpaired) electrons. The molecule has 0 saturated carbocycles. The summed E-state index contributed by atoms with van der Waals surface area (Å²) in [5.41, 5.74) is 2.45. The van der Waals surface area contributed by atoms with E-state index >= 15 is 0 Å². The number of allylic oxidation sites excluding steroid dienone is 1. The lowest BCUT2D eigenvalue weighted by Crippen LogP contribution is -1.96. The fraction of sp³-hybridized carbons (Fsp3) is 0.136. The number of ether oxygens (including phenoxy) is 2. The van der Waals surface area contributed by atoms with Gasteiger partial charge in [0, 0.05) is 17.5 Å². The van der Waals surface area contributed by atoms with Crippen LogP contribution in [0.5, 0.6) is 17.2 Å². The predicted octanol–water partition coefficient (Wildman–Crippen LogP) is 5.72. The van der Waals surface area contributed by atoms with E-state index in [0.29, 0.717) is 22.6 Å². The first-order valence-corrected chi connectivity index (χ1v) is 10.1. The molecule has 2 aromatic carbocycles. The molecule has 0 atom stereocenters. The van der Waals surface area contributed by atoms with Gasteiger partial charge in [-0.3, -0.25) is 4.79 Å². The molecule has 0 bridgehead atoms. The molecule has 0 amide bonds. The van der Waals surface area contributed by atoms with E-state index in [1.807, 2.05) is 36.4 Å². The van der Waals surface area contributed by atoms with Crippen molar-refractivity contribution in [1.29, 1.82) is 0 Å². The smallest absolute Gasteiger partial charge is 0.195 e. The summed E-state index contributed by atoms with van der Waals surface area (Å²) in [5, 5.41) is 10.6. The molecule has 4 nitrogen and oxygen atoms in total. The van der Waals surface area contributed by atoms with E-state index in [1.54, 1.807) is 25.3 Å². The highest BCUT2D eigenvalue weighted by atomic mass is 79.9. The topological polar surface area (TPSA) is 55.8 Å². The Kier molecular flexibility index (Phi) is 6.54. The van der Waals surface area contributed by atoms with Crippen LogP contribution in [0.2, 0.25) is 0 Å². The summed E-state index contributed by atoms with van der Waals surface area (Å²) in [4.78, 5) is 12.9. The van der Waals surface area contributed by atoms with E-state index in [-0.39, 0.29) is 11.5 Å². The molecule has 1 aromatic heterocycles. The first-order valence-electron chi connectivity index (χ1n) is 8.51. The van der Waals surface area contributed by atoms with Gasteiger partial charge in [-0.25, -0.2) is 0 Å². The second-order valence-corrected chi connectivity index (χ2v) is 8.48. The Labute approximate surface area is 176 Å². The summed E-state index contributed by atoms with van der Waals surface area (Å²) in [5.74, 6) is 1.10. The Morgan fingerprint density at radius 3 is 2.43 bits per heavy atom. The number of phenolic OH excluding ortho intramolecular Hbond substituents is 1. The zero-order chi connectivity index (χ0) is 20.1. The number of halogens is 1. The van der Waals surface area contributed by atoms with Crippen molar-refractivity contribution in [1.82, 2.24) is 0 Å². The summed E-state index contributed by atoms with van der Waals surface area (Å²) in [6.07, 6.45) is 3.66. The Bertz CT molecular complexity index is 1010. The molecule has 28 heavy (non-hydrogen) atoms. The fourth-order valence-corrected chi connectivity index (χ4v) is 4.09. The number of carbonyl (C=O) groups is 1. The van der Waals surface area contributed by atoms with Crippen LogP contribution in [0.4, 0.5) is 0 Å². The van der Waals surface area contributed by atoms with Crippen LogP contribution in [0.15, 0.2) is 58.4 Å². The quantitative estimate of drug-likeness (QED) is 0.363. The number of rotatable bonds is 7. The van der Waals surface area contributed by atoms with Gasteiger partial charge in [0.05, 0.1) is 22.9 Å². The van der Waals surface area contributed by atoms with E-state index in [9.17, 15) is 9.90 Å². The van der Waals surface area contributed by atoms with Crippen LogP contribution in [-0.2, 0) is 6.42 Å². The molecule has 6 heteroatoms. The minimum atomic E-state index is -0.114. The van der Waals surface area contributed by atoms with Crippen molar-refractivity contribution in [2.75, 3.05) is 14.2 Å². The van der Waals surface area contributed by atoms with Crippen LogP contribution in [0.3, 0.4) is 0 Å². The standard InChI is InChI=1S/C22H19BrO4S/c1-26-17-8-3-14(4-9-17)13-16-6-5-15(21(25)22(16)27-2)7-10-18(24)19-11-12-20(23)28-19/h3-12,25H,13H2,1-2H3/b10-7+. The Morgan fingerprint density at radius 1 is 1.07 bits per heavy atom. The van der Waals surface area contributed by atoms with E-state index < -0.39 is 0 Å². The molecule has 0 aliphatic rings. The monoisotopic (exact) mass is 458 g/mol. The van der Waals surface area contributed by atoms with Crippen molar-refractivity contribution in [3.63, 3.8) is 0 Å². The molecule has 0 unspecified atom stereocenters. The largest absolute Gasteiger partial charge is 0.504 e. The molecule has 3 aromatic rings. The highest BCUT2D eigenvalue weighted by Crippen LogP contribution is 2.36. The Morgan fingerprint density at radius 2 is 1.82 bits per heavy atom. The van der Waals surface area contributed by atoms with E-state index in [1.165, 1.54) is 24.5 Å². The van der Waals surface area contributed by atoms with Crippen molar-refractivity contribution in [3.05, 3.63) is 80.0 Å². The first kappa shape index (κ1) is 20.2. The third-order valence-corrected chi connectivity index (χ3v) is 5.87. The lowest BCUT2D eigenvalue weighted by molar-refractivity contribution is 0.105. The number of hydrogen-bond acceptors (Lipinski definition) is 5. The molecule has 144 valence electrons. The normalized spacial score (nSPS) is 11.0. The zero-order valence-electron chi connectivity index (χ0n) is 15.4. The molecule has 0 fully saturated rings. The van der Waals surface area contributed by atoms with Crippen LogP contribution in [0.25, 0.3) is 6.08 Å². The number of phenols is 1. The molecule has 1 heterocycles. The Balaban J connectivity index is 1.82. The number of carbonyl (C=O) groups excluding carboxylic acids is 1. The third-order valence-electron chi connectivity index (χ3n) is 4.23. The number of methoxy groups -OCH3 is 2. The molecular formula is C22H19BrO4S. The number of thiophene rings is 1. The lowest BCUT2D eigenvalue weighted by atomic mass is 10.0. The van der Waals surface area contributed by atoms with Gasteiger partial charge in [-0.05, 0) is 57.9 Å². The summed E-state index contributed by atoms with van der Waals surface area (Å²) >= 11 is 4.72. The fourth-order valence-electron chi connectivity index (χ4n) is 2.79. The average molecular weight is 459 g/mol. The Hall–Kier alpha value is -2.57. The lowest BCUT2D eigenvalue weighted by Gasteiger charge is -2.13. The number of ketones is 1. The van der Waals surface area contributed by atoms with E-state index in [0.717, 1.165) is 20.7 Å². The maximum absolute atomic E-state index is 12.2. The average Bonchev–Trinajstić information content (AvgIpc) is 3.14. The summed E-state index contributed by atoms with van der Waals surface area (Å²) < 4.78 is 11.5. The maximum Gasteiger partial charge on any atom is 0.195 e. The van der Waals surface area contributed by atoms with Crippen LogP contribution in [0.1, 0.15) is 26.4 Å². The van der Waals surface area contributed by atoms with Gasteiger partial charge in [0.15, 0.2) is 17.3 Å². The minimum absolute atomic E-state index is 0.0184. The zero-order valence-corrected chi connectivity index (χ0v) is 17.8. The van der Waals surface area contributed by atoms with Gasteiger partial charge in [-0.15, -0.1) is 11.3 Å². The summed E-state index contributed by atoms with van der Waals surface area (Å²) in [6, 6.07) is 15.0. The van der Waals surface area contributed by atoms with E-state index in [4.69, 9.17) is 9.47 Å². The number of aromatic hydroxyl groups is 1. The molecule has 0 aliphatic heterocycles. The van der Waals surface area contributed by atoms with Gasteiger partial charge >= 0.3 is 0 Å². The van der Waals surface area contributed by atoms with Crippen molar-refractivity contribution < 1.29 is 19.4 Å². The highest BCUT2D eigenvalue weighted by molar-refractivity contribution is 9.11. The minimum Gasteiger partial charge on any atom is -0.504 e. The van der Waals surface area contributed by atoms with Crippen LogP contribution in [0, 0.1) is 0 Å². The SMILES string of the molecule is COc1ccc(Cc2ccc(/C=C/C(=O)c3ccc(Br)s3)c(O)c2OC)cc1. The van der Waals surface area contributed by atoms with Gasteiger partial charge < -0.3 is 14.6 Å². The van der Waals surface area contributed by atoms with E-state index in [2.05, 4.69) is 15.9 Å². The highest BCUT2D eigenvalue weighted by Gasteiger charge is 2.13. The molecule has 0 aliphatic carbocycles. The van der Waals surface area contributed by atoms with Gasteiger partial charge in [-0.2, -0.15) is 0 Å². The second-order valence-electron chi connectivity index (χ2n) is 6.02. The van der Waals surface area contributed by atoms with Gasteiger partial charge in [0.25, 0.3) is 0 Å². The first-order chi connectivity index (χ1) is 13.5. The van der Waals surface area contributed by atoms with Gasteiger partial charge in [0.2, 0.25) is 0 Å². The van der Waals surface area contributed by atoms with Crippen molar-refractivity contribution in [3.8, 4) is 17.2 Å². The van der Waals surface area contributed by atoms with Gasteiger partial charge in [0.1, 0.15) is 5.75 Å². The van der Waals surface area contributed by atoms with Gasteiger partial charge in [-0.1, -0.05) is 24.3 Å². The third kappa shape index (κ3) is 4.64. The molecular weight excluding hydrogens is 440 g/mol. The summed E-state index contributed by atoms with van der Waals surface area (Å²) in [6.45, 7) is 0. The molecule has 3 rings (SSSR count). The van der Waals surface area contributed by atoms with Crippen molar-refractivity contribution in [2.45, 2.75) is 6.42 Å². The number of benzene rings is 2. The summed E-state index contributed by atoms with van der Waals surface area (Å²) in [7, 11) is 3.15. The second kappa shape index (κ2) is 9.08.